The van der Waals surface area contributed by atoms with Crippen LogP contribution in [0.1, 0.15) is 25.7 Å². The second kappa shape index (κ2) is 3.20. The SMILES string of the molecule is CO[C@H]1OC(C2(N)CC2)CCC1N. The van der Waals surface area contributed by atoms with Crippen molar-refractivity contribution >= 4 is 0 Å². The molecule has 1 saturated carbocycles. The van der Waals surface area contributed by atoms with Gasteiger partial charge in [-0.25, -0.2) is 0 Å². The summed E-state index contributed by atoms with van der Waals surface area (Å²) in [5, 5.41) is 0. The molecule has 1 saturated heterocycles. The van der Waals surface area contributed by atoms with Crippen molar-refractivity contribution in [3.63, 3.8) is 0 Å². The van der Waals surface area contributed by atoms with E-state index in [2.05, 4.69) is 0 Å². The normalized spacial score (nSPS) is 43.2. The van der Waals surface area contributed by atoms with Crippen molar-refractivity contribution in [1.82, 2.24) is 0 Å². The quantitative estimate of drug-likeness (QED) is 0.634. The van der Waals surface area contributed by atoms with Crippen molar-refractivity contribution in [3.8, 4) is 0 Å². The maximum absolute atomic E-state index is 6.06. The summed E-state index contributed by atoms with van der Waals surface area (Å²) in [6.45, 7) is 0. The first-order valence-corrected chi connectivity index (χ1v) is 4.88. The van der Waals surface area contributed by atoms with E-state index in [9.17, 15) is 0 Å². The average Bonchev–Trinajstić information content (AvgIpc) is 2.86. The Kier molecular flexibility index (Phi) is 2.32. The maximum Gasteiger partial charge on any atom is 0.172 e. The molecule has 4 nitrogen and oxygen atoms in total. The summed E-state index contributed by atoms with van der Waals surface area (Å²) in [5.41, 5.74) is 11.8. The van der Waals surface area contributed by atoms with Gasteiger partial charge in [-0.15, -0.1) is 0 Å². The standard InChI is InChI=1S/C9H18N2O2/c1-12-8-6(10)2-3-7(13-8)9(11)4-5-9/h6-8H,2-5,10-11H2,1H3/t6?,7?,8-/m0/s1. The Bertz CT molecular complexity index is 194. The van der Waals surface area contributed by atoms with E-state index in [0.717, 1.165) is 25.7 Å². The maximum atomic E-state index is 6.06. The topological polar surface area (TPSA) is 70.5 Å². The first kappa shape index (κ1) is 9.40. The highest BCUT2D eigenvalue weighted by Crippen LogP contribution is 2.41. The molecule has 0 amide bonds. The zero-order valence-corrected chi connectivity index (χ0v) is 8.03. The third-order valence-corrected chi connectivity index (χ3v) is 3.11. The van der Waals surface area contributed by atoms with Crippen molar-refractivity contribution in [2.45, 2.75) is 49.7 Å². The fourth-order valence-electron chi connectivity index (χ4n) is 1.93. The van der Waals surface area contributed by atoms with E-state index in [1.54, 1.807) is 7.11 Å². The van der Waals surface area contributed by atoms with Gasteiger partial charge < -0.3 is 20.9 Å². The van der Waals surface area contributed by atoms with Crippen LogP contribution in [0.2, 0.25) is 0 Å². The van der Waals surface area contributed by atoms with Crippen molar-refractivity contribution in [2.24, 2.45) is 11.5 Å². The third-order valence-electron chi connectivity index (χ3n) is 3.11. The van der Waals surface area contributed by atoms with Crippen LogP contribution in [0.15, 0.2) is 0 Å². The van der Waals surface area contributed by atoms with E-state index >= 15 is 0 Å². The molecule has 2 aliphatic rings. The molecule has 2 rings (SSSR count). The van der Waals surface area contributed by atoms with Gasteiger partial charge in [-0.3, -0.25) is 0 Å². The van der Waals surface area contributed by atoms with E-state index in [-0.39, 0.29) is 24.0 Å². The molecular weight excluding hydrogens is 168 g/mol. The Hall–Kier alpha value is -0.160. The average molecular weight is 186 g/mol. The van der Waals surface area contributed by atoms with Gasteiger partial charge in [0.1, 0.15) is 0 Å². The Balaban J connectivity index is 1.94. The minimum Gasteiger partial charge on any atom is -0.354 e. The van der Waals surface area contributed by atoms with E-state index in [0.29, 0.717) is 0 Å². The molecule has 0 aromatic carbocycles. The number of ether oxygens (including phenoxy) is 2. The van der Waals surface area contributed by atoms with Crippen molar-refractivity contribution in [1.29, 1.82) is 0 Å². The summed E-state index contributed by atoms with van der Waals surface area (Å²) >= 11 is 0. The summed E-state index contributed by atoms with van der Waals surface area (Å²) in [7, 11) is 1.63. The van der Waals surface area contributed by atoms with Gasteiger partial charge in [0.15, 0.2) is 6.29 Å². The van der Waals surface area contributed by atoms with Crippen LogP contribution in [0, 0.1) is 0 Å². The molecule has 0 radical (unpaired) electrons. The lowest BCUT2D eigenvalue weighted by Crippen LogP contribution is -2.51. The first-order chi connectivity index (χ1) is 6.15. The lowest BCUT2D eigenvalue weighted by Gasteiger charge is -2.36. The Morgan fingerprint density at radius 2 is 2.08 bits per heavy atom. The Morgan fingerprint density at radius 3 is 2.62 bits per heavy atom. The van der Waals surface area contributed by atoms with Gasteiger partial charge in [-0.05, 0) is 25.7 Å². The van der Waals surface area contributed by atoms with Gasteiger partial charge in [0.05, 0.1) is 12.1 Å². The van der Waals surface area contributed by atoms with Crippen LogP contribution in [0.3, 0.4) is 0 Å². The van der Waals surface area contributed by atoms with Gasteiger partial charge in [-0.2, -0.15) is 0 Å². The van der Waals surface area contributed by atoms with Gasteiger partial charge in [-0.1, -0.05) is 0 Å². The summed E-state index contributed by atoms with van der Waals surface area (Å²) < 4.78 is 10.9. The zero-order chi connectivity index (χ0) is 9.47. The summed E-state index contributed by atoms with van der Waals surface area (Å²) in [4.78, 5) is 0. The predicted octanol–water partition coefficient (Wildman–Crippen LogP) is -0.0435. The highest BCUT2D eigenvalue weighted by molar-refractivity contribution is 5.06. The van der Waals surface area contributed by atoms with E-state index in [1.165, 1.54) is 0 Å². The smallest absolute Gasteiger partial charge is 0.172 e. The molecule has 3 atom stereocenters. The van der Waals surface area contributed by atoms with Gasteiger partial charge >= 0.3 is 0 Å². The molecule has 0 spiro atoms. The van der Waals surface area contributed by atoms with Crippen LogP contribution in [-0.4, -0.2) is 31.1 Å². The first-order valence-electron chi connectivity index (χ1n) is 4.88. The van der Waals surface area contributed by atoms with Crippen LogP contribution >= 0.6 is 0 Å². The number of hydrogen-bond acceptors (Lipinski definition) is 4. The van der Waals surface area contributed by atoms with Crippen molar-refractivity contribution in [2.75, 3.05) is 7.11 Å². The van der Waals surface area contributed by atoms with Gasteiger partial charge in [0, 0.05) is 12.6 Å². The fraction of sp³-hybridized carbons (Fsp3) is 1.00. The van der Waals surface area contributed by atoms with Crippen LogP contribution in [0.25, 0.3) is 0 Å². The van der Waals surface area contributed by atoms with Crippen LogP contribution in [0.5, 0.6) is 0 Å². The van der Waals surface area contributed by atoms with E-state index < -0.39 is 0 Å². The monoisotopic (exact) mass is 186 g/mol. The summed E-state index contributed by atoms with van der Waals surface area (Å²) in [6.07, 6.45) is 3.95. The molecule has 13 heavy (non-hydrogen) atoms. The highest BCUT2D eigenvalue weighted by Gasteiger charge is 2.49. The minimum atomic E-state index is -0.264. The molecule has 1 aliphatic heterocycles. The second-order valence-electron chi connectivity index (χ2n) is 4.20. The molecule has 0 bridgehead atoms. The lowest BCUT2D eigenvalue weighted by molar-refractivity contribution is -0.196. The molecule has 2 fully saturated rings. The van der Waals surface area contributed by atoms with E-state index in [4.69, 9.17) is 20.9 Å². The lowest BCUT2D eigenvalue weighted by atomic mass is 9.98. The van der Waals surface area contributed by atoms with Crippen LogP contribution in [-0.2, 0) is 9.47 Å². The Labute approximate surface area is 78.6 Å². The minimum absolute atomic E-state index is 0.00333. The molecule has 0 aromatic rings. The summed E-state index contributed by atoms with van der Waals surface area (Å²) in [5.74, 6) is 0. The molecular formula is C9H18N2O2. The number of rotatable bonds is 2. The molecule has 1 aliphatic carbocycles. The number of nitrogens with two attached hydrogens (primary N) is 2. The molecule has 4 N–H and O–H groups in total. The number of hydrogen-bond donors (Lipinski definition) is 2. The van der Waals surface area contributed by atoms with Crippen molar-refractivity contribution in [3.05, 3.63) is 0 Å². The predicted molar refractivity (Wildman–Crippen MR) is 49.0 cm³/mol. The summed E-state index contributed by atoms with van der Waals surface area (Å²) in [6, 6.07) is 0.00333. The molecule has 76 valence electrons. The van der Waals surface area contributed by atoms with Gasteiger partial charge in [0.2, 0.25) is 0 Å². The Morgan fingerprint density at radius 1 is 1.38 bits per heavy atom. The molecule has 4 heteroatoms. The third kappa shape index (κ3) is 1.72. The highest BCUT2D eigenvalue weighted by atomic mass is 16.7. The number of methoxy groups -OCH3 is 1. The van der Waals surface area contributed by atoms with Crippen LogP contribution in [0.4, 0.5) is 0 Å². The van der Waals surface area contributed by atoms with Crippen molar-refractivity contribution < 1.29 is 9.47 Å². The van der Waals surface area contributed by atoms with E-state index in [1.807, 2.05) is 0 Å². The zero-order valence-electron chi connectivity index (χ0n) is 8.03. The largest absolute Gasteiger partial charge is 0.354 e. The molecule has 1 heterocycles. The molecule has 2 unspecified atom stereocenters. The van der Waals surface area contributed by atoms with Gasteiger partial charge in [0.25, 0.3) is 0 Å². The molecule has 0 aromatic heterocycles. The second-order valence-corrected chi connectivity index (χ2v) is 4.20. The van der Waals surface area contributed by atoms with Crippen LogP contribution < -0.4 is 11.5 Å². The fourth-order valence-corrected chi connectivity index (χ4v) is 1.93.